The number of rotatable bonds is 3. The van der Waals surface area contributed by atoms with Crippen molar-refractivity contribution in [1.29, 1.82) is 0 Å². The fourth-order valence-electron chi connectivity index (χ4n) is 1.70. The number of carbonyl (C=O) groups excluding carboxylic acids is 2. The van der Waals surface area contributed by atoms with Gasteiger partial charge in [0, 0.05) is 25.4 Å². The van der Waals surface area contributed by atoms with Crippen molar-refractivity contribution in [2.75, 3.05) is 6.54 Å². The first kappa shape index (κ1) is 12.8. The number of hydrogen-bond acceptors (Lipinski definition) is 4. The molecule has 1 aromatic heterocycles. The molecule has 0 spiro atoms. The molecule has 1 saturated heterocycles. The van der Waals surface area contributed by atoms with Gasteiger partial charge in [-0.05, 0) is 6.42 Å². The second kappa shape index (κ2) is 5.77. The van der Waals surface area contributed by atoms with Gasteiger partial charge in [-0.2, -0.15) is 0 Å². The number of piperidine rings is 1. The summed E-state index contributed by atoms with van der Waals surface area (Å²) in [6.07, 6.45) is 3.95. The Hall–Kier alpha value is -1.69. The Bertz CT molecular complexity index is 439. The van der Waals surface area contributed by atoms with Gasteiger partial charge in [-0.3, -0.25) is 9.59 Å². The normalized spacial score (nSPS) is 19.2. The van der Waals surface area contributed by atoms with Gasteiger partial charge in [0.05, 0.1) is 17.5 Å². The standard InChI is InChI=1S/C11H13ClN4O2/c12-8-4-13-9(14-5-8)6-16-11(18)7-1-2-10(17)15-3-7/h4-5,7H,1-3,6H2,(H,15,17)(H,16,18). The molecule has 1 unspecified atom stereocenters. The van der Waals surface area contributed by atoms with E-state index in [1.807, 2.05) is 0 Å². The van der Waals surface area contributed by atoms with Gasteiger partial charge in [-0.1, -0.05) is 11.6 Å². The van der Waals surface area contributed by atoms with E-state index in [4.69, 9.17) is 11.6 Å². The molecule has 2 heterocycles. The fraction of sp³-hybridized carbons (Fsp3) is 0.455. The van der Waals surface area contributed by atoms with Crippen LogP contribution in [-0.4, -0.2) is 28.3 Å². The van der Waals surface area contributed by atoms with E-state index in [0.29, 0.717) is 30.2 Å². The van der Waals surface area contributed by atoms with E-state index >= 15 is 0 Å². The minimum absolute atomic E-state index is 0.0000783. The zero-order chi connectivity index (χ0) is 13.0. The van der Waals surface area contributed by atoms with Crippen LogP contribution >= 0.6 is 11.6 Å². The molecule has 1 aliphatic rings. The molecular weight excluding hydrogens is 256 g/mol. The maximum absolute atomic E-state index is 11.8. The highest BCUT2D eigenvalue weighted by Crippen LogP contribution is 2.10. The predicted molar refractivity (Wildman–Crippen MR) is 64.6 cm³/mol. The number of hydrogen-bond donors (Lipinski definition) is 2. The molecule has 1 atom stereocenters. The van der Waals surface area contributed by atoms with Crippen molar-refractivity contribution in [3.05, 3.63) is 23.2 Å². The average molecular weight is 269 g/mol. The summed E-state index contributed by atoms with van der Waals surface area (Å²) in [7, 11) is 0. The zero-order valence-electron chi connectivity index (χ0n) is 9.65. The van der Waals surface area contributed by atoms with E-state index < -0.39 is 0 Å². The Morgan fingerprint density at radius 1 is 1.50 bits per heavy atom. The largest absolute Gasteiger partial charge is 0.355 e. The Kier molecular flexibility index (Phi) is 4.09. The molecule has 2 rings (SSSR count). The van der Waals surface area contributed by atoms with Crippen molar-refractivity contribution in [1.82, 2.24) is 20.6 Å². The van der Waals surface area contributed by atoms with E-state index in [0.717, 1.165) is 0 Å². The van der Waals surface area contributed by atoms with Crippen molar-refractivity contribution in [3.63, 3.8) is 0 Å². The number of aromatic nitrogens is 2. The Morgan fingerprint density at radius 3 is 2.83 bits per heavy atom. The Labute approximate surface area is 109 Å². The molecule has 1 fully saturated rings. The number of nitrogens with zero attached hydrogens (tertiary/aromatic N) is 2. The monoisotopic (exact) mass is 268 g/mol. The van der Waals surface area contributed by atoms with E-state index in [-0.39, 0.29) is 24.3 Å². The summed E-state index contributed by atoms with van der Waals surface area (Å²) in [6, 6.07) is 0. The van der Waals surface area contributed by atoms with Crippen molar-refractivity contribution >= 4 is 23.4 Å². The molecule has 2 amide bonds. The lowest BCUT2D eigenvalue weighted by Crippen LogP contribution is -2.42. The number of nitrogens with one attached hydrogen (secondary N) is 2. The summed E-state index contributed by atoms with van der Waals surface area (Å²) in [5.41, 5.74) is 0. The molecule has 1 aliphatic heterocycles. The van der Waals surface area contributed by atoms with Gasteiger partial charge in [0.25, 0.3) is 0 Å². The van der Waals surface area contributed by atoms with E-state index in [9.17, 15) is 9.59 Å². The van der Waals surface area contributed by atoms with Crippen molar-refractivity contribution < 1.29 is 9.59 Å². The van der Waals surface area contributed by atoms with Crippen LogP contribution in [0.1, 0.15) is 18.7 Å². The van der Waals surface area contributed by atoms with Gasteiger partial charge in [-0.15, -0.1) is 0 Å². The van der Waals surface area contributed by atoms with E-state index in [2.05, 4.69) is 20.6 Å². The van der Waals surface area contributed by atoms with Crippen LogP contribution < -0.4 is 10.6 Å². The molecule has 18 heavy (non-hydrogen) atoms. The zero-order valence-corrected chi connectivity index (χ0v) is 10.4. The van der Waals surface area contributed by atoms with Gasteiger partial charge in [0.1, 0.15) is 5.82 Å². The first-order chi connectivity index (χ1) is 8.65. The van der Waals surface area contributed by atoms with Crippen LogP contribution in [-0.2, 0) is 16.1 Å². The summed E-state index contributed by atoms with van der Waals surface area (Å²) in [4.78, 5) is 30.7. The molecule has 96 valence electrons. The molecule has 7 heteroatoms. The highest BCUT2D eigenvalue weighted by atomic mass is 35.5. The summed E-state index contributed by atoms with van der Waals surface area (Å²) < 4.78 is 0. The fourth-order valence-corrected chi connectivity index (χ4v) is 1.80. The Balaban J connectivity index is 1.81. The molecule has 1 aromatic rings. The molecule has 0 aromatic carbocycles. The van der Waals surface area contributed by atoms with Gasteiger partial charge in [-0.25, -0.2) is 9.97 Å². The van der Waals surface area contributed by atoms with Gasteiger partial charge in [0.15, 0.2) is 0 Å². The second-order valence-corrected chi connectivity index (χ2v) is 4.51. The van der Waals surface area contributed by atoms with Crippen LogP contribution in [0.15, 0.2) is 12.4 Å². The molecule has 0 radical (unpaired) electrons. The highest BCUT2D eigenvalue weighted by Gasteiger charge is 2.24. The number of carbonyl (C=O) groups is 2. The van der Waals surface area contributed by atoms with Crippen molar-refractivity contribution in [2.24, 2.45) is 5.92 Å². The summed E-state index contributed by atoms with van der Waals surface area (Å²) >= 11 is 5.66. The molecule has 0 saturated carbocycles. The third-order valence-electron chi connectivity index (χ3n) is 2.73. The van der Waals surface area contributed by atoms with Crippen LogP contribution in [0.3, 0.4) is 0 Å². The molecular formula is C11H13ClN4O2. The topological polar surface area (TPSA) is 84.0 Å². The minimum atomic E-state index is -0.171. The minimum Gasteiger partial charge on any atom is -0.355 e. The van der Waals surface area contributed by atoms with Crippen LogP contribution in [0.4, 0.5) is 0 Å². The van der Waals surface area contributed by atoms with Crippen LogP contribution in [0, 0.1) is 5.92 Å². The van der Waals surface area contributed by atoms with Crippen LogP contribution in [0.25, 0.3) is 0 Å². The van der Waals surface area contributed by atoms with E-state index in [1.54, 1.807) is 0 Å². The summed E-state index contributed by atoms with van der Waals surface area (Å²) in [6.45, 7) is 0.659. The average Bonchev–Trinajstić information content (AvgIpc) is 2.38. The van der Waals surface area contributed by atoms with E-state index in [1.165, 1.54) is 12.4 Å². The molecule has 2 N–H and O–H groups in total. The lowest BCUT2D eigenvalue weighted by molar-refractivity contribution is -0.129. The van der Waals surface area contributed by atoms with Crippen LogP contribution in [0.5, 0.6) is 0 Å². The van der Waals surface area contributed by atoms with Crippen LogP contribution in [0.2, 0.25) is 5.02 Å². The van der Waals surface area contributed by atoms with Gasteiger partial charge < -0.3 is 10.6 Å². The van der Waals surface area contributed by atoms with Gasteiger partial charge >= 0.3 is 0 Å². The van der Waals surface area contributed by atoms with Crippen molar-refractivity contribution in [2.45, 2.75) is 19.4 Å². The quantitative estimate of drug-likeness (QED) is 0.824. The number of amides is 2. The lowest BCUT2D eigenvalue weighted by atomic mass is 9.98. The Morgan fingerprint density at radius 2 is 2.22 bits per heavy atom. The summed E-state index contributed by atoms with van der Waals surface area (Å²) in [5, 5.41) is 5.87. The number of halogens is 1. The maximum atomic E-state index is 11.8. The molecule has 0 bridgehead atoms. The SMILES string of the molecule is O=C1CCC(C(=O)NCc2ncc(Cl)cn2)CN1. The smallest absolute Gasteiger partial charge is 0.225 e. The third kappa shape index (κ3) is 3.40. The maximum Gasteiger partial charge on any atom is 0.225 e. The first-order valence-corrected chi connectivity index (χ1v) is 6.04. The second-order valence-electron chi connectivity index (χ2n) is 4.07. The molecule has 6 nitrogen and oxygen atoms in total. The summed E-state index contributed by atoms with van der Waals surface area (Å²) in [5.74, 6) is 0.247. The lowest BCUT2D eigenvalue weighted by Gasteiger charge is -2.21. The van der Waals surface area contributed by atoms with Gasteiger partial charge in [0.2, 0.25) is 11.8 Å². The molecule has 0 aliphatic carbocycles. The predicted octanol–water partition coefficient (Wildman–Crippen LogP) is 0.272. The highest BCUT2D eigenvalue weighted by molar-refractivity contribution is 6.30. The van der Waals surface area contributed by atoms with Crippen molar-refractivity contribution in [3.8, 4) is 0 Å². The first-order valence-electron chi connectivity index (χ1n) is 5.66. The third-order valence-corrected chi connectivity index (χ3v) is 2.93.